The first kappa shape index (κ1) is 65.7. The van der Waals surface area contributed by atoms with Gasteiger partial charge in [-0.3, -0.25) is 18.6 Å². The summed E-state index contributed by atoms with van der Waals surface area (Å²) >= 11 is 0. The molecule has 0 aromatic heterocycles. The molecule has 0 aromatic rings. The van der Waals surface area contributed by atoms with Gasteiger partial charge in [-0.25, -0.2) is 4.57 Å². The van der Waals surface area contributed by atoms with E-state index in [2.05, 4.69) is 62.5 Å². The van der Waals surface area contributed by atoms with Crippen LogP contribution < -0.4 is 5.32 Å². The predicted octanol–water partition coefficient (Wildman–Crippen LogP) is 16.2. The molecule has 3 atom stereocenters. The van der Waals surface area contributed by atoms with Gasteiger partial charge >= 0.3 is 13.8 Å². The molecule has 394 valence electrons. The Morgan fingerprint density at radius 1 is 0.522 bits per heavy atom. The fourth-order valence-electron chi connectivity index (χ4n) is 7.14. The summed E-state index contributed by atoms with van der Waals surface area (Å²) in [7, 11) is 1.44. The molecule has 0 spiro atoms. The topological polar surface area (TPSA) is 111 Å². The zero-order chi connectivity index (χ0) is 50.8. The molecular weight excluding hydrogens is 880 g/mol. The number of carbonyl (C=O) groups is 2. The third-order valence-corrected chi connectivity index (χ3v) is 12.4. The van der Waals surface area contributed by atoms with Crippen LogP contribution in [0.5, 0.6) is 0 Å². The summed E-state index contributed by atoms with van der Waals surface area (Å²) in [6.45, 7) is 6.76. The number of hydrogen-bond acceptors (Lipinski definition) is 6. The first-order valence-corrected chi connectivity index (χ1v) is 28.8. The number of phosphoric ester groups is 1. The van der Waals surface area contributed by atoms with Gasteiger partial charge in [0.1, 0.15) is 19.3 Å². The van der Waals surface area contributed by atoms with Gasteiger partial charge in [-0.15, -0.1) is 0 Å². The third kappa shape index (κ3) is 49.4. The van der Waals surface area contributed by atoms with Crippen molar-refractivity contribution in [2.24, 2.45) is 0 Å². The molecule has 0 aromatic carbocycles. The van der Waals surface area contributed by atoms with Gasteiger partial charge in [-0.05, 0) is 76.7 Å². The summed E-state index contributed by atoms with van der Waals surface area (Å²) in [6, 6.07) is -0.878. The van der Waals surface area contributed by atoms with E-state index < -0.39 is 20.0 Å². The molecule has 0 radical (unpaired) electrons. The van der Waals surface area contributed by atoms with Crippen molar-refractivity contribution in [1.82, 2.24) is 5.32 Å². The number of quaternary nitrogens is 1. The number of esters is 1. The van der Waals surface area contributed by atoms with Crippen molar-refractivity contribution in [3.05, 3.63) is 109 Å². The third-order valence-electron chi connectivity index (χ3n) is 11.4. The van der Waals surface area contributed by atoms with E-state index in [1.807, 2.05) is 94.1 Å². The summed E-state index contributed by atoms with van der Waals surface area (Å²) in [5, 5.41) is 3.02. The second kappa shape index (κ2) is 48.3. The van der Waals surface area contributed by atoms with E-state index in [1.165, 1.54) is 64.2 Å². The molecule has 3 unspecified atom stereocenters. The normalized spacial score (nSPS) is 14.7. The van der Waals surface area contributed by atoms with Crippen LogP contribution in [0, 0.1) is 0 Å². The summed E-state index contributed by atoms with van der Waals surface area (Å²) in [4.78, 5) is 37.5. The number of allylic oxidation sites excluding steroid dienone is 17. The van der Waals surface area contributed by atoms with Crippen LogP contribution in [-0.2, 0) is 27.9 Å². The minimum atomic E-state index is -4.46. The Labute approximate surface area is 423 Å². The molecule has 0 saturated carbocycles. The number of amides is 1. The summed E-state index contributed by atoms with van der Waals surface area (Å²) in [5.74, 6) is -0.581. The molecule has 0 heterocycles. The maximum absolute atomic E-state index is 13.5. The highest BCUT2D eigenvalue weighted by atomic mass is 31.2. The van der Waals surface area contributed by atoms with Crippen molar-refractivity contribution in [3.8, 4) is 0 Å². The van der Waals surface area contributed by atoms with E-state index in [0.717, 1.165) is 96.3 Å². The molecule has 9 nitrogen and oxygen atoms in total. The number of nitrogens with one attached hydrogen (secondary N) is 1. The van der Waals surface area contributed by atoms with Crippen LogP contribution in [-0.4, -0.2) is 74.3 Å². The van der Waals surface area contributed by atoms with Gasteiger partial charge in [0.25, 0.3) is 0 Å². The van der Waals surface area contributed by atoms with E-state index in [1.54, 1.807) is 0 Å². The fraction of sp³-hybridized carbons (Fsp3) is 0.661. The monoisotopic (exact) mass is 982 g/mol. The average Bonchev–Trinajstić information content (AvgIpc) is 3.31. The Kier molecular flexibility index (Phi) is 46.0. The van der Waals surface area contributed by atoms with Crippen LogP contribution >= 0.6 is 7.82 Å². The molecule has 0 aliphatic carbocycles. The largest absolute Gasteiger partial charge is 0.472 e. The molecule has 0 rings (SSSR count). The van der Waals surface area contributed by atoms with Gasteiger partial charge in [-0.1, -0.05) is 220 Å². The first-order chi connectivity index (χ1) is 33.4. The average molecular weight is 982 g/mol. The zero-order valence-electron chi connectivity index (χ0n) is 44.8. The molecule has 2 N–H and O–H groups in total. The van der Waals surface area contributed by atoms with Gasteiger partial charge < -0.3 is 19.4 Å². The number of nitrogens with zero attached hydrogens (tertiary/aromatic N) is 1. The second-order valence-corrected chi connectivity index (χ2v) is 20.7. The van der Waals surface area contributed by atoms with Gasteiger partial charge in [0, 0.05) is 12.8 Å². The molecule has 1 amide bonds. The second-order valence-electron chi connectivity index (χ2n) is 19.2. The van der Waals surface area contributed by atoms with Gasteiger partial charge in [0.05, 0.1) is 33.8 Å². The molecule has 0 aliphatic heterocycles. The Bertz CT molecular complexity index is 1550. The van der Waals surface area contributed by atoms with Crippen molar-refractivity contribution in [3.63, 3.8) is 0 Å². The molecule has 0 fully saturated rings. The number of ether oxygens (including phenoxy) is 1. The SMILES string of the molecule is CC\C=C/C=C/C=C/C=C\C=C\C=C\CCCCCC(=O)OC(/C=C/CCCCCCCCCCC)C(COP(=O)(O)OCC[N+](C)(C)C)NC(=O)CCCCCCCC/C=C/C=C/CCCCC. The van der Waals surface area contributed by atoms with E-state index in [9.17, 15) is 19.0 Å². The minimum Gasteiger partial charge on any atom is -0.456 e. The highest BCUT2D eigenvalue weighted by Gasteiger charge is 2.30. The van der Waals surface area contributed by atoms with Crippen LogP contribution in [0.1, 0.15) is 201 Å². The minimum absolute atomic E-state index is 0.0240. The van der Waals surface area contributed by atoms with E-state index in [4.69, 9.17) is 13.8 Å². The number of carbonyl (C=O) groups excluding carboxylic acids is 2. The lowest BCUT2D eigenvalue weighted by atomic mass is 10.1. The van der Waals surface area contributed by atoms with E-state index >= 15 is 0 Å². The quantitative estimate of drug-likeness (QED) is 0.0156. The van der Waals surface area contributed by atoms with E-state index in [0.29, 0.717) is 23.9 Å². The number of phosphoric acid groups is 1. The maximum Gasteiger partial charge on any atom is 0.472 e. The Balaban J connectivity index is 5.50. The number of unbranched alkanes of at least 4 members (excludes halogenated alkanes) is 21. The number of hydrogen-bond donors (Lipinski definition) is 2. The molecule has 0 aliphatic rings. The molecule has 0 bridgehead atoms. The number of likely N-dealkylation sites (N-methyl/N-ethyl adjacent to an activating group) is 1. The fourth-order valence-corrected chi connectivity index (χ4v) is 7.87. The summed E-state index contributed by atoms with van der Waals surface area (Å²) < 4.78 is 30.5. The first-order valence-electron chi connectivity index (χ1n) is 27.3. The van der Waals surface area contributed by atoms with Crippen LogP contribution in [0.15, 0.2) is 109 Å². The standard InChI is InChI=1S/C59H101N2O7P/c1-7-10-13-16-19-22-25-27-29-30-32-34-37-40-43-46-49-52-59(63)68-57(50-47-44-41-38-35-24-21-18-15-12-9-3)56(55-67-69(64,65)66-54-53-61(4,5)6)60-58(62)51-48-45-42-39-36-33-31-28-26-23-20-17-14-11-8-2/h10,13,16,19-20,22-23,25-30,32,34,37,47,50,56-57H,7-9,11-12,14-15,17-18,21,24,31,33,35-36,38-46,48-49,51-55H2,1-6H3,(H-,60,62,64,65)/p+1/b13-10-,19-16+,23-20+,25-22+,28-26+,29-27-,32-30+,37-34+,50-47+. The molecule has 69 heavy (non-hydrogen) atoms. The van der Waals surface area contributed by atoms with Gasteiger partial charge in [0.15, 0.2) is 0 Å². The summed E-state index contributed by atoms with van der Waals surface area (Å²) in [6.07, 6.45) is 65.1. The van der Waals surface area contributed by atoms with Crippen molar-refractivity contribution < 1.29 is 37.3 Å². The molecule has 0 saturated heterocycles. The van der Waals surface area contributed by atoms with Crippen LogP contribution in [0.4, 0.5) is 0 Å². The Hall–Kier alpha value is -3.33. The molecular formula is C59H102N2O7P+. The summed E-state index contributed by atoms with van der Waals surface area (Å²) in [5.41, 5.74) is 0. The Morgan fingerprint density at radius 3 is 1.45 bits per heavy atom. The highest BCUT2D eigenvalue weighted by Crippen LogP contribution is 2.43. The van der Waals surface area contributed by atoms with Crippen molar-refractivity contribution in [1.29, 1.82) is 0 Å². The van der Waals surface area contributed by atoms with Crippen molar-refractivity contribution in [2.45, 2.75) is 213 Å². The molecule has 10 heteroatoms. The lowest BCUT2D eigenvalue weighted by molar-refractivity contribution is -0.870. The highest BCUT2D eigenvalue weighted by molar-refractivity contribution is 7.47. The smallest absolute Gasteiger partial charge is 0.456 e. The Morgan fingerprint density at radius 2 is 0.928 bits per heavy atom. The van der Waals surface area contributed by atoms with Gasteiger partial charge in [-0.2, -0.15) is 0 Å². The van der Waals surface area contributed by atoms with Crippen molar-refractivity contribution in [2.75, 3.05) is 40.9 Å². The predicted molar refractivity (Wildman–Crippen MR) is 295 cm³/mol. The van der Waals surface area contributed by atoms with Gasteiger partial charge in [0.2, 0.25) is 5.91 Å². The van der Waals surface area contributed by atoms with Crippen LogP contribution in [0.3, 0.4) is 0 Å². The lowest BCUT2D eigenvalue weighted by Gasteiger charge is -2.27. The zero-order valence-corrected chi connectivity index (χ0v) is 45.7. The van der Waals surface area contributed by atoms with Crippen LogP contribution in [0.2, 0.25) is 0 Å². The van der Waals surface area contributed by atoms with Crippen LogP contribution in [0.25, 0.3) is 0 Å². The number of rotatable bonds is 47. The maximum atomic E-state index is 13.5. The lowest BCUT2D eigenvalue weighted by Crippen LogP contribution is -2.47. The van der Waals surface area contributed by atoms with E-state index in [-0.39, 0.29) is 31.5 Å². The van der Waals surface area contributed by atoms with Crippen molar-refractivity contribution >= 4 is 19.7 Å².